The summed E-state index contributed by atoms with van der Waals surface area (Å²) in [4.78, 5) is 27.0. The first-order chi connectivity index (χ1) is 14.5. The van der Waals surface area contributed by atoms with Gasteiger partial charge in [0.1, 0.15) is 12.4 Å². The molecule has 3 aromatic carbocycles. The number of rotatable bonds is 5. The van der Waals surface area contributed by atoms with Crippen molar-refractivity contribution in [3.63, 3.8) is 0 Å². The summed E-state index contributed by atoms with van der Waals surface area (Å²) in [6.07, 6.45) is 1.72. The molecular formula is C24H18ClNO3S. The molecule has 0 saturated carbocycles. The summed E-state index contributed by atoms with van der Waals surface area (Å²) in [5, 5.41) is 0.385. The van der Waals surface area contributed by atoms with Gasteiger partial charge in [0.15, 0.2) is 0 Å². The second-order valence-electron chi connectivity index (χ2n) is 6.79. The Morgan fingerprint density at radius 3 is 2.53 bits per heavy atom. The molecule has 0 unspecified atom stereocenters. The summed E-state index contributed by atoms with van der Waals surface area (Å²) in [5.74, 6) is 0.364. The highest BCUT2D eigenvalue weighted by Crippen LogP contribution is 2.37. The van der Waals surface area contributed by atoms with Crippen molar-refractivity contribution in [1.82, 2.24) is 0 Å². The van der Waals surface area contributed by atoms with Gasteiger partial charge in [0, 0.05) is 5.02 Å². The van der Waals surface area contributed by atoms with E-state index in [0.717, 1.165) is 28.5 Å². The van der Waals surface area contributed by atoms with Gasteiger partial charge in [-0.1, -0.05) is 54.1 Å². The minimum Gasteiger partial charge on any atom is -0.489 e. The van der Waals surface area contributed by atoms with Gasteiger partial charge < -0.3 is 4.74 Å². The predicted octanol–water partition coefficient (Wildman–Crippen LogP) is 6.47. The van der Waals surface area contributed by atoms with Crippen molar-refractivity contribution in [3.05, 3.63) is 99.4 Å². The van der Waals surface area contributed by atoms with Crippen LogP contribution in [0.3, 0.4) is 0 Å². The van der Waals surface area contributed by atoms with Gasteiger partial charge in [-0.05, 0) is 71.8 Å². The maximum Gasteiger partial charge on any atom is 0.298 e. The number of amides is 2. The molecule has 3 aromatic rings. The minimum atomic E-state index is -0.313. The normalized spacial score (nSPS) is 15.1. The number of benzene rings is 3. The molecule has 0 N–H and O–H groups in total. The Morgan fingerprint density at radius 1 is 1.00 bits per heavy atom. The van der Waals surface area contributed by atoms with Crippen molar-refractivity contribution >= 4 is 46.3 Å². The summed E-state index contributed by atoms with van der Waals surface area (Å²) in [6.45, 7) is 2.29. The van der Waals surface area contributed by atoms with Crippen molar-refractivity contribution in [2.45, 2.75) is 13.5 Å². The molecule has 1 heterocycles. The number of para-hydroxylation sites is 1. The molecule has 4 nitrogen and oxygen atoms in total. The standard InChI is InChI=1S/C24H18ClNO3S/c1-16-5-2-3-8-21(16)26-23(27)22(30-24(26)28)14-18-6-4-7-20(13-18)29-15-17-9-11-19(25)12-10-17/h2-14H,15H2,1H3/b22-14-. The third-order valence-electron chi connectivity index (χ3n) is 4.62. The Bertz CT molecular complexity index is 1140. The lowest BCUT2D eigenvalue weighted by Gasteiger charge is -2.14. The van der Waals surface area contributed by atoms with Gasteiger partial charge in [-0.2, -0.15) is 0 Å². The van der Waals surface area contributed by atoms with Gasteiger partial charge in [0.2, 0.25) is 0 Å². The number of imide groups is 1. The van der Waals surface area contributed by atoms with E-state index in [1.165, 1.54) is 4.90 Å². The molecule has 1 aliphatic heterocycles. The Labute approximate surface area is 184 Å². The summed E-state index contributed by atoms with van der Waals surface area (Å²) in [5.41, 5.74) is 3.28. The molecule has 0 radical (unpaired) electrons. The van der Waals surface area contributed by atoms with E-state index in [0.29, 0.717) is 28.0 Å². The van der Waals surface area contributed by atoms with Gasteiger partial charge in [-0.25, -0.2) is 4.90 Å². The highest BCUT2D eigenvalue weighted by atomic mass is 35.5. The molecule has 0 bridgehead atoms. The van der Waals surface area contributed by atoms with E-state index in [2.05, 4.69) is 0 Å². The fourth-order valence-corrected chi connectivity index (χ4v) is 4.04. The van der Waals surface area contributed by atoms with Crippen LogP contribution < -0.4 is 9.64 Å². The van der Waals surface area contributed by atoms with Crippen LogP contribution in [0.5, 0.6) is 5.75 Å². The average Bonchev–Trinajstić information content (AvgIpc) is 3.01. The molecule has 0 spiro atoms. The van der Waals surface area contributed by atoms with Crippen molar-refractivity contribution < 1.29 is 14.3 Å². The van der Waals surface area contributed by atoms with E-state index < -0.39 is 0 Å². The minimum absolute atomic E-state index is 0.296. The fourth-order valence-electron chi connectivity index (χ4n) is 3.08. The topological polar surface area (TPSA) is 46.6 Å². The number of ether oxygens (including phenoxy) is 1. The van der Waals surface area contributed by atoms with Gasteiger partial charge in [-0.3, -0.25) is 9.59 Å². The number of halogens is 1. The molecular weight excluding hydrogens is 418 g/mol. The monoisotopic (exact) mass is 435 g/mol. The Hall–Kier alpha value is -3.02. The SMILES string of the molecule is Cc1ccccc1N1C(=O)S/C(=C\c2cccc(OCc3ccc(Cl)cc3)c2)C1=O. The lowest BCUT2D eigenvalue weighted by atomic mass is 10.1. The molecule has 150 valence electrons. The zero-order chi connectivity index (χ0) is 21.1. The van der Waals surface area contributed by atoms with Crippen LogP contribution >= 0.6 is 23.4 Å². The molecule has 4 rings (SSSR count). The quantitative estimate of drug-likeness (QED) is 0.431. The Balaban J connectivity index is 1.51. The molecule has 0 aromatic heterocycles. The third kappa shape index (κ3) is 4.42. The second-order valence-corrected chi connectivity index (χ2v) is 8.22. The smallest absolute Gasteiger partial charge is 0.298 e. The fraction of sp³-hybridized carbons (Fsp3) is 0.0833. The van der Waals surface area contributed by atoms with Crippen LogP contribution in [-0.2, 0) is 11.4 Å². The van der Waals surface area contributed by atoms with Crippen molar-refractivity contribution in [3.8, 4) is 5.75 Å². The van der Waals surface area contributed by atoms with Crippen LogP contribution in [0.1, 0.15) is 16.7 Å². The van der Waals surface area contributed by atoms with E-state index in [1.807, 2.05) is 73.7 Å². The highest BCUT2D eigenvalue weighted by molar-refractivity contribution is 8.19. The molecule has 1 aliphatic rings. The van der Waals surface area contributed by atoms with Crippen LogP contribution in [0, 0.1) is 6.92 Å². The maximum atomic E-state index is 12.9. The first-order valence-electron chi connectivity index (χ1n) is 9.32. The van der Waals surface area contributed by atoms with E-state index >= 15 is 0 Å². The van der Waals surface area contributed by atoms with E-state index in [9.17, 15) is 9.59 Å². The molecule has 0 aliphatic carbocycles. The van der Waals surface area contributed by atoms with E-state index in [1.54, 1.807) is 12.1 Å². The summed E-state index contributed by atoms with van der Waals surface area (Å²) >= 11 is 6.85. The number of hydrogen-bond donors (Lipinski definition) is 0. The van der Waals surface area contributed by atoms with Gasteiger partial charge in [0.05, 0.1) is 10.6 Å². The van der Waals surface area contributed by atoms with Crippen molar-refractivity contribution in [1.29, 1.82) is 0 Å². The Morgan fingerprint density at radius 2 is 1.77 bits per heavy atom. The Kier molecular flexibility index (Phi) is 5.93. The van der Waals surface area contributed by atoms with Crippen LogP contribution in [-0.4, -0.2) is 11.1 Å². The van der Waals surface area contributed by atoms with E-state index in [-0.39, 0.29) is 11.1 Å². The first-order valence-corrected chi connectivity index (χ1v) is 10.5. The van der Waals surface area contributed by atoms with Crippen LogP contribution in [0.2, 0.25) is 5.02 Å². The zero-order valence-electron chi connectivity index (χ0n) is 16.2. The number of carbonyl (C=O) groups excluding carboxylic acids is 2. The summed E-state index contributed by atoms with van der Waals surface area (Å²) in [7, 11) is 0. The number of aryl methyl sites for hydroxylation is 1. The molecule has 30 heavy (non-hydrogen) atoms. The van der Waals surface area contributed by atoms with Gasteiger partial charge >= 0.3 is 0 Å². The predicted molar refractivity (Wildman–Crippen MR) is 122 cm³/mol. The molecule has 2 amide bonds. The second kappa shape index (κ2) is 8.78. The number of nitrogens with zero attached hydrogens (tertiary/aromatic N) is 1. The van der Waals surface area contributed by atoms with E-state index in [4.69, 9.17) is 16.3 Å². The van der Waals surface area contributed by atoms with Crippen LogP contribution in [0.15, 0.2) is 77.7 Å². The summed E-state index contributed by atoms with van der Waals surface area (Å²) in [6, 6.07) is 22.2. The highest BCUT2D eigenvalue weighted by Gasteiger charge is 2.36. The first kappa shape index (κ1) is 20.3. The van der Waals surface area contributed by atoms with Crippen LogP contribution in [0.25, 0.3) is 6.08 Å². The molecule has 1 saturated heterocycles. The molecule has 0 atom stereocenters. The van der Waals surface area contributed by atoms with Gasteiger partial charge in [0.25, 0.3) is 11.1 Å². The van der Waals surface area contributed by atoms with Crippen LogP contribution in [0.4, 0.5) is 10.5 Å². The third-order valence-corrected chi connectivity index (χ3v) is 5.75. The zero-order valence-corrected chi connectivity index (χ0v) is 17.7. The number of hydrogen-bond acceptors (Lipinski definition) is 4. The molecule has 1 fully saturated rings. The number of carbonyl (C=O) groups is 2. The summed E-state index contributed by atoms with van der Waals surface area (Å²) < 4.78 is 5.85. The number of anilines is 1. The average molecular weight is 436 g/mol. The maximum absolute atomic E-state index is 12.9. The number of thioether (sulfide) groups is 1. The lowest BCUT2D eigenvalue weighted by molar-refractivity contribution is -0.113. The molecule has 6 heteroatoms. The lowest BCUT2D eigenvalue weighted by Crippen LogP contribution is -2.28. The largest absolute Gasteiger partial charge is 0.489 e. The van der Waals surface area contributed by atoms with Crippen molar-refractivity contribution in [2.24, 2.45) is 0 Å². The van der Waals surface area contributed by atoms with Gasteiger partial charge in [-0.15, -0.1) is 0 Å². The van der Waals surface area contributed by atoms with Crippen molar-refractivity contribution in [2.75, 3.05) is 4.90 Å².